The second-order valence-corrected chi connectivity index (χ2v) is 15.3. The van der Waals surface area contributed by atoms with Crippen LogP contribution in [0.3, 0.4) is 0 Å². The van der Waals surface area contributed by atoms with Crippen LogP contribution < -0.4 is 0 Å². The topological polar surface area (TPSA) is 51.6 Å². The van der Waals surface area contributed by atoms with E-state index in [0.29, 0.717) is 18.1 Å². The largest absolute Gasteiger partial charge is 0.247 e. The molecule has 2 heterocycles. The minimum atomic E-state index is -0.351. The number of aromatic nitrogens is 4. The van der Waals surface area contributed by atoms with Gasteiger partial charge in [0.15, 0.2) is 11.6 Å². The summed E-state index contributed by atoms with van der Waals surface area (Å²) in [6.45, 7) is 8.00. The molecule has 2 aromatic heterocycles. The monoisotopic (exact) mass is 802 g/mol. The Hall–Kier alpha value is -7.30. The summed E-state index contributed by atoms with van der Waals surface area (Å²) in [5, 5.41) is 3.54. The van der Waals surface area contributed by atoms with Crippen LogP contribution in [0.4, 0.5) is 0 Å². The normalized spacial score (nSPS) is 14.5. The Balaban J connectivity index is 0.00000119. The van der Waals surface area contributed by atoms with Crippen molar-refractivity contribution in [3.63, 3.8) is 0 Å². The van der Waals surface area contributed by atoms with Crippen LogP contribution in [0.5, 0.6) is 0 Å². The van der Waals surface area contributed by atoms with Crippen molar-refractivity contribution in [3.8, 4) is 33.9 Å². The molecule has 302 valence electrons. The lowest BCUT2D eigenvalue weighted by atomic mass is 9.61. The first-order valence-electron chi connectivity index (χ1n) is 22.0. The van der Waals surface area contributed by atoms with Crippen LogP contribution in [0.15, 0.2) is 200 Å². The van der Waals surface area contributed by atoms with Crippen LogP contribution in [0.2, 0.25) is 0 Å². The summed E-state index contributed by atoms with van der Waals surface area (Å²) in [6, 6.07) is 65.0. The van der Waals surface area contributed by atoms with Gasteiger partial charge in [0.05, 0.1) is 11.2 Å². The summed E-state index contributed by atoms with van der Waals surface area (Å²) in [5.41, 5.74) is 12.5. The lowest BCUT2D eigenvalue weighted by Crippen LogP contribution is -2.35. The predicted octanol–water partition coefficient (Wildman–Crippen LogP) is 14.3. The van der Waals surface area contributed by atoms with Crippen LogP contribution in [0.1, 0.15) is 61.5 Å². The van der Waals surface area contributed by atoms with Crippen molar-refractivity contribution in [3.05, 3.63) is 234 Å². The zero-order chi connectivity index (χ0) is 42.5. The number of allylic oxidation sites excluding steroid dienone is 4. The van der Waals surface area contributed by atoms with E-state index in [2.05, 4.69) is 164 Å². The van der Waals surface area contributed by atoms with Gasteiger partial charge in [-0.05, 0) is 69.0 Å². The number of nitrogens with zero attached hydrogens (tertiary/aromatic N) is 4. The summed E-state index contributed by atoms with van der Waals surface area (Å²) in [7, 11) is 0. The van der Waals surface area contributed by atoms with Crippen molar-refractivity contribution in [2.75, 3.05) is 0 Å². The third-order valence-corrected chi connectivity index (χ3v) is 12.0. The average Bonchev–Trinajstić information content (AvgIpc) is 3.82. The first-order valence-corrected chi connectivity index (χ1v) is 22.0. The van der Waals surface area contributed by atoms with E-state index >= 15 is 0 Å². The molecule has 7 aromatic carbocycles. The van der Waals surface area contributed by atoms with Crippen LogP contribution in [0, 0.1) is 5.92 Å². The highest BCUT2D eigenvalue weighted by atomic mass is 15.0. The van der Waals surface area contributed by atoms with Gasteiger partial charge in [-0.25, -0.2) is 19.9 Å². The molecule has 0 spiro atoms. The quantitative estimate of drug-likeness (QED) is 0.151. The van der Waals surface area contributed by atoms with Crippen molar-refractivity contribution >= 4 is 27.2 Å². The van der Waals surface area contributed by atoms with Gasteiger partial charge in [0.2, 0.25) is 0 Å². The lowest BCUT2D eigenvalue weighted by molar-refractivity contribution is 0.607. The van der Waals surface area contributed by atoms with Crippen molar-refractivity contribution in [1.29, 1.82) is 0 Å². The maximum atomic E-state index is 5.47. The van der Waals surface area contributed by atoms with Gasteiger partial charge >= 0.3 is 0 Å². The van der Waals surface area contributed by atoms with E-state index in [4.69, 9.17) is 19.9 Å². The standard InChI is InChI=1S/C54H38N4.2C2H6/c1-5-18-36(19-6-1)52-56-50(57-53(58-52)37-20-7-2-8-21-37)33-38-22-17-29-42(38)51-47-34-45-39(32-46(47)44-28-14-16-31-49(44)55-51)35-54(40-23-9-3-10-24-40,41-25-11-4-12-26-41)48-30-15-13-27-43(45)48;2*1-2/h1-32,34,38H,33,35H2;2*1-2H3. The maximum Gasteiger partial charge on any atom is 0.163 e. The number of hydrogen-bond acceptors (Lipinski definition) is 4. The average molecular weight is 803 g/mol. The molecule has 0 saturated heterocycles. The maximum absolute atomic E-state index is 5.47. The van der Waals surface area contributed by atoms with Gasteiger partial charge in [-0.3, -0.25) is 0 Å². The third-order valence-electron chi connectivity index (χ3n) is 12.0. The molecule has 1 atom stereocenters. The van der Waals surface area contributed by atoms with Gasteiger partial charge in [0, 0.05) is 39.7 Å². The number of pyridine rings is 1. The number of hydrogen-bond donors (Lipinski definition) is 0. The summed E-state index contributed by atoms with van der Waals surface area (Å²) in [6.07, 6.45) is 8.14. The van der Waals surface area contributed by atoms with E-state index in [-0.39, 0.29) is 11.3 Å². The second-order valence-electron chi connectivity index (χ2n) is 15.3. The Kier molecular flexibility index (Phi) is 11.5. The van der Waals surface area contributed by atoms with Crippen LogP contribution in [-0.2, 0) is 18.3 Å². The van der Waals surface area contributed by atoms with E-state index in [1.165, 1.54) is 44.3 Å². The van der Waals surface area contributed by atoms with E-state index < -0.39 is 0 Å². The summed E-state index contributed by atoms with van der Waals surface area (Å²) in [5.74, 6) is 2.14. The Labute approximate surface area is 365 Å². The molecular formula is C58H50N4. The van der Waals surface area contributed by atoms with Gasteiger partial charge in [0.25, 0.3) is 0 Å². The summed E-state index contributed by atoms with van der Waals surface area (Å²) >= 11 is 0. The Morgan fingerprint density at radius 2 is 1.05 bits per heavy atom. The highest BCUT2D eigenvalue weighted by molar-refractivity contribution is 6.11. The fraction of sp³-hybridized carbons (Fsp3) is 0.138. The van der Waals surface area contributed by atoms with Crippen molar-refractivity contribution < 1.29 is 0 Å². The van der Waals surface area contributed by atoms with Crippen LogP contribution in [-0.4, -0.2) is 19.9 Å². The highest BCUT2D eigenvalue weighted by Crippen LogP contribution is 2.52. The molecule has 0 amide bonds. The van der Waals surface area contributed by atoms with Crippen LogP contribution in [0.25, 0.3) is 61.2 Å². The van der Waals surface area contributed by atoms with Crippen molar-refractivity contribution in [1.82, 2.24) is 19.9 Å². The zero-order valence-electron chi connectivity index (χ0n) is 35.8. The molecule has 1 unspecified atom stereocenters. The predicted molar refractivity (Wildman–Crippen MR) is 259 cm³/mol. The summed E-state index contributed by atoms with van der Waals surface area (Å²) in [4.78, 5) is 20.6. The molecule has 2 aliphatic carbocycles. The van der Waals surface area contributed by atoms with Gasteiger partial charge in [-0.2, -0.15) is 0 Å². The van der Waals surface area contributed by atoms with Gasteiger partial charge in [-0.15, -0.1) is 0 Å². The van der Waals surface area contributed by atoms with E-state index in [1.807, 2.05) is 64.1 Å². The smallest absolute Gasteiger partial charge is 0.163 e. The number of fused-ring (bicyclic) bond motifs is 6. The van der Waals surface area contributed by atoms with E-state index in [1.54, 1.807) is 0 Å². The van der Waals surface area contributed by atoms with Crippen LogP contribution >= 0.6 is 0 Å². The third kappa shape index (κ3) is 7.22. The molecule has 2 aliphatic rings. The number of rotatable bonds is 7. The first kappa shape index (κ1) is 40.1. The molecule has 62 heavy (non-hydrogen) atoms. The second kappa shape index (κ2) is 17.7. The SMILES string of the molecule is C1=CC(Cc2nc(-c3ccccc3)nc(-c3ccccc3)n2)C(c2nc3ccccc3c3cc4c(cc23)-c2ccccc2C(c2ccccc2)(c2ccccc2)C4)=C1.CC.CC. The van der Waals surface area contributed by atoms with Crippen molar-refractivity contribution in [2.45, 2.75) is 46.0 Å². The van der Waals surface area contributed by atoms with E-state index in [9.17, 15) is 0 Å². The van der Waals surface area contributed by atoms with Gasteiger partial charge < -0.3 is 0 Å². The zero-order valence-corrected chi connectivity index (χ0v) is 35.8. The minimum absolute atomic E-state index is 0.0265. The Morgan fingerprint density at radius 3 is 1.68 bits per heavy atom. The highest BCUT2D eigenvalue weighted by Gasteiger charge is 2.42. The van der Waals surface area contributed by atoms with Gasteiger partial charge in [-0.1, -0.05) is 210 Å². The number of benzene rings is 7. The molecular weight excluding hydrogens is 753 g/mol. The van der Waals surface area contributed by atoms with Gasteiger partial charge in [0.1, 0.15) is 5.82 Å². The molecule has 4 heteroatoms. The molecule has 4 nitrogen and oxygen atoms in total. The molecule has 0 saturated carbocycles. The Bertz CT molecular complexity index is 2950. The molecule has 11 rings (SSSR count). The fourth-order valence-electron chi connectivity index (χ4n) is 9.35. The molecule has 0 radical (unpaired) electrons. The summed E-state index contributed by atoms with van der Waals surface area (Å²) < 4.78 is 0. The lowest BCUT2D eigenvalue weighted by Gasteiger charge is -2.41. The molecule has 9 aromatic rings. The fourth-order valence-corrected chi connectivity index (χ4v) is 9.35. The van der Waals surface area contributed by atoms with E-state index in [0.717, 1.165) is 45.4 Å². The molecule has 0 aliphatic heterocycles. The first-order chi connectivity index (χ1) is 30.7. The van der Waals surface area contributed by atoms with Crippen molar-refractivity contribution in [2.24, 2.45) is 5.92 Å². The minimum Gasteiger partial charge on any atom is -0.247 e. The molecule has 0 N–H and O–H groups in total. The number of para-hydroxylation sites is 1. The Morgan fingerprint density at radius 1 is 0.500 bits per heavy atom. The molecule has 0 bridgehead atoms. The molecule has 0 fully saturated rings.